The average Bonchev–Trinajstić information content (AvgIpc) is 2.48. The van der Waals surface area contributed by atoms with E-state index in [1.54, 1.807) is 11.8 Å². The van der Waals surface area contributed by atoms with E-state index in [4.69, 9.17) is 12.2 Å². The van der Waals surface area contributed by atoms with Gasteiger partial charge >= 0.3 is 0 Å². The number of thiocarbonyl (C=S) groups is 1. The molecule has 0 saturated carbocycles. The number of nitrogens with one attached hydrogen (secondary N) is 2. The second kappa shape index (κ2) is 8.10. The summed E-state index contributed by atoms with van der Waals surface area (Å²) in [7, 11) is 0. The standard InChI is InChI=1S/C16H16F2N2S2/c1-11-2-5-13(6-3-11)22-9-8-19-16(21)20-15-7-4-12(17)10-14(15)18/h2-7,10H,8-9H2,1H3,(H2,19,20,21). The summed E-state index contributed by atoms with van der Waals surface area (Å²) in [6, 6.07) is 11.6. The summed E-state index contributed by atoms with van der Waals surface area (Å²) in [5.41, 5.74) is 1.39. The maximum atomic E-state index is 13.5. The Bertz CT molecular complexity index is 645. The second-order valence-corrected chi connectivity index (χ2v) is 6.24. The summed E-state index contributed by atoms with van der Waals surface area (Å²) < 4.78 is 26.3. The van der Waals surface area contributed by atoms with Crippen LogP contribution in [0, 0.1) is 18.6 Å². The fourth-order valence-electron chi connectivity index (χ4n) is 1.73. The van der Waals surface area contributed by atoms with Crippen molar-refractivity contribution in [3.63, 3.8) is 0 Å². The van der Waals surface area contributed by atoms with Crippen LogP contribution < -0.4 is 10.6 Å². The first-order valence-electron chi connectivity index (χ1n) is 6.74. The molecule has 0 saturated heterocycles. The Hall–Kier alpha value is -1.66. The Balaban J connectivity index is 1.72. The molecule has 0 amide bonds. The van der Waals surface area contributed by atoms with Gasteiger partial charge in [0, 0.05) is 23.3 Å². The van der Waals surface area contributed by atoms with Crippen molar-refractivity contribution in [2.24, 2.45) is 0 Å². The van der Waals surface area contributed by atoms with E-state index in [0.29, 0.717) is 11.7 Å². The minimum Gasteiger partial charge on any atom is -0.362 e. The lowest BCUT2D eigenvalue weighted by Crippen LogP contribution is -2.30. The van der Waals surface area contributed by atoms with Crippen LogP contribution in [0.1, 0.15) is 5.56 Å². The number of thioether (sulfide) groups is 1. The van der Waals surface area contributed by atoms with Crippen LogP contribution in [0.2, 0.25) is 0 Å². The number of benzene rings is 2. The predicted octanol–water partition coefficient (Wildman–Crippen LogP) is 4.35. The molecule has 0 aromatic heterocycles. The van der Waals surface area contributed by atoms with Gasteiger partial charge in [-0.25, -0.2) is 8.78 Å². The summed E-state index contributed by atoms with van der Waals surface area (Å²) in [5.74, 6) is -0.453. The van der Waals surface area contributed by atoms with Gasteiger partial charge in [0.2, 0.25) is 0 Å². The molecule has 0 bridgehead atoms. The molecule has 0 heterocycles. The summed E-state index contributed by atoms with van der Waals surface area (Å²) in [6.45, 7) is 2.70. The lowest BCUT2D eigenvalue weighted by molar-refractivity contribution is 0.586. The van der Waals surface area contributed by atoms with Gasteiger partial charge in [0.1, 0.15) is 11.6 Å². The minimum absolute atomic E-state index is 0.157. The van der Waals surface area contributed by atoms with Gasteiger partial charge in [0.25, 0.3) is 0 Å². The van der Waals surface area contributed by atoms with Crippen LogP contribution >= 0.6 is 24.0 Å². The zero-order chi connectivity index (χ0) is 15.9. The first-order valence-corrected chi connectivity index (χ1v) is 8.13. The number of anilines is 1. The molecule has 22 heavy (non-hydrogen) atoms. The summed E-state index contributed by atoms with van der Waals surface area (Å²) >= 11 is 6.79. The Morgan fingerprint density at radius 1 is 1.14 bits per heavy atom. The summed E-state index contributed by atoms with van der Waals surface area (Å²) in [5, 5.41) is 6.02. The van der Waals surface area contributed by atoms with E-state index in [1.165, 1.54) is 22.6 Å². The zero-order valence-corrected chi connectivity index (χ0v) is 13.7. The van der Waals surface area contributed by atoms with E-state index in [0.717, 1.165) is 11.8 Å². The van der Waals surface area contributed by atoms with Gasteiger partial charge in [-0.15, -0.1) is 11.8 Å². The fraction of sp³-hybridized carbons (Fsp3) is 0.188. The molecule has 0 aliphatic rings. The Kier molecular flexibility index (Phi) is 6.15. The van der Waals surface area contributed by atoms with E-state index in [2.05, 4.69) is 41.8 Å². The van der Waals surface area contributed by atoms with Gasteiger partial charge in [-0.1, -0.05) is 17.7 Å². The van der Waals surface area contributed by atoms with Crippen molar-refractivity contribution in [3.8, 4) is 0 Å². The van der Waals surface area contributed by atoms with Gasteiger partial charge in [-0.3, -0.25) is 0 Å². The van der Waals surface area contributed by atoms with Gasteiger partial charge in [-0.2, -0.15) is 0 Å². The van der Waals surface area contributed by atoms with Crippen molar-refractivity contribution >= 4 is 34.8 Å². The maximum absolute atomic E-state index is 13.5. The highest BCUT2D eigenvalue weighted by molar-refractivity contribution is 7.99. The number of hydrogen-bond acceptors (Lipinski definition) is 2. The maximum Gasteiger partial charge on any atom is 0.170 e. The molecule has 2 nitrogen and oxygen atoms in total. The quantitative estimate of drug-likeness (QED) is 0.481. The molecule has 0 atom stereocenters. The molecule has 2 aromatic carbocycles. The molecule has 0 spiro atoms. The predicted molar refractivity (Wildman–Crippen MR) is 92.5 cm³/mol. The Morgan fingerprint density at radius 3 is 2.55 bits per heavy atom. The van der Waals surface area contributed by atoms with Crippen molar-refractivity contribution in [2.75, 3.05) is 17.6 Å². The van der Waals surface area contributed by atoms with Crippen molar-refractivity contribution in [1.82, 2.24) is 5.32 Å². The normalized spacial score (nSPS) is 10.3. The van der Waals surface area contributed by atoms with Crippen LogP contribution in [0.3, 0.4) is 0 Å². The number of hydrogen-bond donors (Lipinski definition) is 2. The molecule has 0 aliphatic carbocycles. The summed E-state index contributed by atoms with van der Waals surface area (Å²) in [4.78, 5) is 1.19. The molecule has 0 fully saturated rings. The van der Waals surface area contributed by atoms with Crippen LogP contribution in [0.25, 0.3) is 0 Å². The molecule has 6 heteroatoms. The third kappa shape index (κ3) is 5.27. The zero-order valence-electron chi connectivity index (χ0n) is 12.0. The van der Waals surface area contributed by atoms with Gasteiger partial charge in [0.15, 0.2) is 5.11 Å². The van der Waals surface area contributed by atoms with E-state index in [1.807, 2.05) is 0 Å². The van der Waals surface area contributed by atoms with Crippen molar-refractivity contribution in [3.05, 3.63) is 59.7 Å². The molecular formula is C16H16F2N2S2. The lowest BCUT2D eigenvalue weighted by atomic mass is 10.2. The van der Waals surface area contributed by atoms with E-state index >= 15 is 0 Å². The monoisotopic (exact) mass is 338 g/mol. The van der Waals surface area contributed by atoms with Crippen molar-refractivity contribution in [2.45, 2.75) is 11.8 Å². The van der Waals surface area contributed by atoms with Gasteiger partial charge in [-0.05, 0) is 43.4 Å². The molecular weight excluding hydrogens is 322 g/mol. The average molecular weight is 338 g/mol. The van der Waals surface area contributed by atoms with Crippen LogP contribution in [0.15, 0.2) is 47.4 Å². The fourth-order valence-corrected chi connectivity index (χ4v) is 2.71. The van der Waals surface area contributed by atoms with Crippen molar-refractivity contribution in [1.29, 1.82) is 0 Å². The molecule has 0 unspecified atom stereocenters. The molecule has 116 valence electrons. The first-order chi connectivity index (χ1) is 10.5. The van der Waals surface area contributed by atoms with Gasteiger partial charge < -0.3 is 10.6 Å². The highest BCUT2D eigenvalue weighted by atomic mass is 32.2. The SMILES string of the molecule is Cc1ccc(SCCNC(=S)Nc2ccc(F)cc2F)cc1. The molecule has 0 radical (unpaired) electrons. The highest BCUT2D eigenvalue weighted by Crippen LogP contribution is 2.17. The van der Waals surface area contributed by atoms with Crippen LogP contribution in [0.4, 0.5) is 14.5 Å². The van der Waals surface area contributed by atoms with Crippen LogP contribution in [-0.4, -0.2) is 17.4 Å². The molecule has 2 aromatic rings. The van der Waals surface area contributed by atoms with E-state index in [-0.39, 0.29) is 5.69 Å². The summed E-state index contributed by atoms with van der Waals surface area (Å²) in [6.07, 6.45) is 0. The number of aryl methyl sites for hydroxylation is 1. The molecule has 0 aliphatic heterocycles. The Morgan fingerprint density at radius 2 is 1.86 bits per heavy atom. The highest BCUT2D eigenvalue weighted by Gasteiger charge is 2.05. The van der Waals surface area contributed by atoms with Crippen LogP contribution in [0.5, 0.6) is 0 Å². The third-order valence-electron chi connectivity index (χ3n) is 2.86. The minimum atomic E-state index is -0.668. The number of halogens is 2. The third-order valence-corrected chi connectivity index (χ3v) is 4.12. The van der Waals surface area contributed by atoms with Gasteiger partial charge in [0.05, 0.1) is 5.69 Å². The van der Waals surface area contributed by atoms with E-state index in [9.17, 15) is 8.78 Å². The van der Waals surface area contributed by atoms with Crippen molar-refractivity contribution < 1.29 is 8.78 Å². The van der Waals surface area contributed by atoms with Crippen LogP contribution in [-0.2, 0) is 0 Å². The van der Waals surface area contributed by atoms with E-state index < -0.39 is 11.6 Å². The molecule has 2 rings (SSSR count). The Labute approximate surface area is 138 Å². The largest absolute Gasteiger partial charge is 0.362 e. The second-order valence-electron chi connectivity index (χ2n) is 4.67. The smallest absolute Gasteiger partial charge is 0.170 e. The molecule has 2 N–H and O–H groups in total. The first kappa shape index (κ1) is 16.7. The lowest BCUT2D eigenvalue weighted by Gasteiger charge is -2.11. The number of rotatable bonds is 5. The topological polar surface area (TPSA) is 24.1 Å².